The van der Waals surface area contributed by atoms with Crippen LogP contribution in [0.1, 0.15) is 13.8 Å². The maximum Gasteiger partial charge on any atom is 0.155 e. The number of allylic oxidation sites excluding steroid dienone is 2. The van der Waals surface area contributed by atoms with Crippen LogP contribution in [-0.4, -0.2) is 10.9 Å². The molecule has 0 saturated heterocycles. The van der Waals surface area contributed by atoms with Gasteiger partial charge in [0.25, 0.3) is 0 Å². The molecule has 0 fully saturated rings. The van der Waals surface area contributed by atoms with Crippen molar-refractivity contribution in [2.45, 2.75) is 13.8 Å². The minimum absolute atomic E-state index is 0. The van der Waals surface area contributed by atoms with Crippen LogP contribution in [0.3, 0.4) is 0 Å². The molecular formula is C21H16F2IrO2-2. The van der Waals surface area contributed by atoms with Crippen molar-refractivity contribution in [1.29, 1.82) is 0 Å². The smallest absolute Gasteiger partial charge is 0.155 e. The molecule has 3 rings (SSSR count). The first-order chi connectivity index (χ1) is 11.9. The molecule has 0 unspecified atom stereocenters. The molecule has 1 radical (unpaired) electrons. The largest absolute Gasteiger partial charge is 0.512 e. The molecule has 0 aliphatic heterocycles. The molecule has 26 heavy (non-hydrogen) atoms. The average molecular weight is 531 g/mol. The second-order valence-electron chi connectivity index (χ2n) is 5.40. The Balaban J connectivity index is 0.000000366. The Hall–Kier alpha value is -2.36. The fourth-order valence-electron chi connectivity index (χ4n) is 2.32. The normalized spacial score (nSPS) is 10.5. The summed E-state index contributed by atoms with van der Waals surface area (Å²) in [4.78, 5) is 10.0. The van der Waals surface area contributed by atoms with Crippen LogP contribution in [-0.2, 0) is 24.9 Å². The van der Waals surface area contributed by atoms with Crippen molar-refractivity contribution in [3.8, 4) is 11.1 Å². The number of ketones is 1. The molecule has 0 spiro atoms. The molecule has 0 amide bonds. The Morgan fingerprint density at radius 2 is 1.81 bits per heavy atom. The van der Waals surface area contributed by atoms with Crippen LogP contribution >= 0.6 is 0 Å². The summed E-state index contributed by atoms with van der Waals surface area (Å²) in [6, 6.07) is 18.9. The number of aliphatic hydroxyl groups excluding tert-OH is 1. The zero-order valence-corrected chi connectivity index (χ0v) is 16.5. The molecule has 2 nitrogen and oxygen atoms in total. The SMILES string of the molecule is CC(=O)/C=C(/C)O.Fc1[c-]c(-c2[c-]ccc3ccccc23)cc(F)c1.[Ir]. The molecule has 0 atom stereocenters. The average Bonchev–Trinajstić information content (AvgIpc) is 2.52. The van der Waals surface area contributed by atoms with Crippen molar-refractivity contribution in [3.05, 3.63) is 84.1 Å². The van der Waals surface area contributed by atoms with Crippen molar-refractivity contribution in [2.75, 3.05) is 0 Å². The number of hydrogen-bond donors (Lipinski definition) is 1. The van der Waals surface area contributed by atoms with Gasteiger partial charge in [-0.1, -0.05) is 24.3 Å². The summed E-state index contributed by atoms with van der Waals surface area (Å²) in [5.41, 5.74) is 1.04. The fraction of sp³-hybridized carbons (Fsp3) is 0.0952. The molecule has 0 aliphatic rings. The quantitative estimate of drug-likeness (QED) is 0.273. The third-order valence-electron chi connectivity index (χ3n) is 3.20. The number of hydrogen-bond acceptors (Lipinski definition) is 2. The zero-order chi connectivity index (χ0) is 18.4. The Morgan fingerprint density at radius 3 is 2.38 bits per heavy atom. The molecule has 0 aliphatic carbocycles. The Kier molecular flexibility index (Phi) is 8.30. The minimum atomic E-state index is -0.702. The van der Waals surface area contributed by atoms with E-state index in [2.05, 4.69) is 12.1 Å². The number of halogens is 2. The van der Waals surface area contributed by atoms with Crippen LogP contribution in [0.4, 0.5) is 8.78 Å². The standard InChI is InChI=1S/C16H8F2.C5H8O2.Ir/c17-13-8-12(9-14(18)10-13)16-7-3-5-11-4-1-2-6-15(11)16;1-4(6)3-5(2)7;/h1-6,8,10H;3,6H,1-2H3;/q-2;;/b;4-3-;. The van der Waals surface area contributed by atoms with Gasteiger partial charge in [0, 0.05) is 37.8 Å². The number of benzene rings is 3. The molecule has 137 valence electrons. The van der Waals surface area contributed by atoms with Gasteiger partial charge in [-0.05, 0) is 13.8 Å². The van der Waals surface area contributed by atoms with Gasteiger partial charge in [0.2, 0.25) is 0 Å². The van der Waals surface area contributed by atoms with Gasteiger partial charge in [0.1, 0.15) is 0 Å². The minimum Gasteiger partial charge on any atom is -0.512 e. The van der Waals surface area contributed by atoms with E-state index in [1.807, 2.05) is 30.3 Å². The van der Waals surface area contributed by atoms with Crippen LogP contribution < -0.4 is 0 Å². The Bertz CT molecular complexity index is 907. The number of rotatable bonds is 2. The van der Waals surface area contributed by atoms with Crippen molar-refractivity contribution in [2.24, 2.45) is 0 Å². The van der Waals surface area contributed by atoms with E-state index in [4.69, 9.17) is 5.11 Å². The van der Waals surface area contributed by atoms with Gasteiger partial charge in [-0.25, -0.2) is 19.9 Å². The molecule has 5 heteroatoms. The number of carbonyl (C=O) groups is 1. The summed E-state index contributed by atoms with van der Waals surface area (Å²) in [5.74, 6) is -1.37. The molecule has 0 heterocycles. The van der Waals surface area contributed by atoms with Crippen LogP contribution in [0.25, 0.3) is 21.9 Å². The maximum absolute atomic E-state index is 13.2. The molecular weight excluding hydrogens is 514 g/mol. The van der Waals surface area contributed by atoms with Crippen molar-refractivity contribution >= 4 is 16.6 Å². The van der Waals surface area contributed by atoms with Gasteiger partial charge >= 0.3 is 0 Å². The Morgan fingerprint density at radius 1 is 1.12 bits per heavy atom. The predicted molar refractivity (Wildman–Crippen MR) is 94.0 cm³/mol. The number of aliphatic hydroxyl groups is 1. The van der Waals surface area contributed by atoms with E-state index in [9.17, 15) is 13.6 Å². The van der Waals surface area contributed by atoms with E-state index in [0.717, 1.165) is 16.8 Å². The second kappa shape index (κ2) is 9.95. The summed E-state index contributed by atoms with van der Waals surface area (Å²) in [6.07, 6.45) is 1.17. The van der Waals surface area contributed by atoms with Crippen LogP contribution in [0.5, 0.6) is 0 Å². The third-order valence-corrected chi connectivity index (χ3v) is 3.20. The third kappa shape index (κ3) is 6.17. The molecule has 3 aromatic carbocycles. The fourth-order valence-corrected chi connectivity index (χ4v) is 2.32. The topological polar surface area (TPSA) is 37.3 Å². The van der Waals surface area contributed by atoms with E-state index in [0.29, 0.717) is 11.1 Å². The van der Waals surface area contributed by atoms with Crippen LogP contribution in [0.2, 0.25) is 0 Å². The summed E-state index contributed by atoms with van der Waals surface area (Å²) in [7, 11) is 0. The van der Waals surface area contributed by atoms with E-state index in [1.165, 1.54) is 26.0 Å². The Labute approximate surface area is 164 Å². The first-order valence-corrected chi connectivity index (χ1v) is 7.53. The van der Waals surface area contributed by atoms with Gasteiger partial charge < -0.3 is 5.11 Å². The first kappa shape index (κ1) is 21.7. The first-order valence-electron chi connectivity index (χ1n) is 7.53. The van der Waals surface area contributed by atoms with Crippen LogP contribution in [0, 0.1) is 23.8 Å². The van der Waals surface area contributed by atoms with E-state index in [-0.39, 0.29) is 31.6 Å². The summed E-state index contributed by atoms with van der Waals surface area (Å²) >= 11 is 0. The van der Waals surface area contributed by atoms with E-state index in [1.54, 1.807) is 6.07 Å². The summed E-state index contributed by atoms with van der Waals surface area (Å²) < 4.78 is 26.4. The number of carbonyl (C=O) groups excluding carboxylic acids is 1. The predicted octanol–water partition coefficient (Wildman–Crippen LogP) is 5.42. The second-order valence-corrected chi connectivity index (χ2v) is 5.40. The van der Waals surface area contributed by atoms with Gasteiger partial charge in [-0.2, -0.15) is 24.3 Å². The maximum atomic E-state index is 13.2. The monoisotopic (exact) mass is 531 g/mol. The van der Waals surface area contributed by atoms with Crippen molar-refractivity contribution in [1.82, 2.24) is 0 Å². The van der Waals surface area contributed by atoms with E-state index < -0.39 is 11.6 Å². The zero-order valence-electron chi connectivity index (χ0n) is 14.1. The van der Waals surface area contributed by atoms with Crippen LogP contribution in [0.15, 0.2) is 60.4 Å². The summed E-state index contributed by atoms with van der Waals surface area (Å²) in [5, 5.41) is 10.3. The summed E-state index contributed by atoms with van der Waals surface area (Å²) in [6.45, 7) is 2.85. The van der Waals surface area contributed by atoms with Gasteiger partial charge in [0.15, 0.2) is 5.78 Å². The van der Waals surface area contributed by atoms with Gasteiger partial charge in [0.05, 0.1) is 5.76 Å². The van der Waals surface area contributed by atoms with Crippen molar-refractivity contribution in [3.63, 3.8) is 0 Å². The van der Waals surface area contributed by atoms with Gasteiger partial charge in [-0.15, -0.1) is 22.9 Å². The molecule has 0 saturated carbocycles. The molecule has 1 N–H and O–H groups in total. The molecule has 3 aromatic rings. The van der Waals surface area contributed by atoms with E-state index >= 15 is 0 Å². The molecule has 0 bridgehead atoms. The molecule has 0 aromatic heterocycles. The number of fused-ring (bicyclic) bond motifs is 1. The van der Waals surface area contributed by atoms with Crippen molar-refractivity contribution < 1.29 is 38.8 Å². The van der Waals surface area contributed by atoms with Gasteiger partial charge in [-0.3, -0.25) is 4.79 Å².